The summed E-state index contributed by atoms with van der Waals surface area (Å²) < 4.78 is 6.65. The second kappa shape index (κ2) is 7.12. The van der Waals surface area contributed by atoms with E-state index < -0.39 is 6.04 Å². The minimum absolute atomic E-state index is 0.0494. The third-order valence-corrected chi connectivity index (χ3v) is 3.58. The lowest BCUT2D eigenvalue weighted by atomic mass is 10.2. The van der Waals surface area contributed by atoms with Crippen LogP contribution in [-0.4, -0.2) is 35.9 Å². The van der Waals surface area contributed by atoms with Crippen molar-refractivity contribution >= 4 is 5.91 Å². The van der Waals surface area contributed by atoms with E-state index in [1.807, 2.05) is 6.07 Å². The molecule has 0 aliphatic carbocycles. The van der Waals surface area contributed by atoms with Gasteiger partial charge in [0.1, 0.15) is 5.69 Å². The molecule has 0 saturated carbocycles. The fourth-order valence-electron chi connectivity index (χ4n) is 2.37. The zero-order chi connectivity index (χ0) is 17.8. The van der Waals surface area contributed by atoms with Gasteiger partial charge in [-0.15, -0.1) is 0 Å². The number of carbonyl (C=O) groups is 1. The normalized spacial score (nSPS) is 12.1. The average molecular weight is 342 g/mol. The van der Waals surface area contributed by atoms with Crippen LogP contribution >= 0.6 is 0 Å². The molecule has 0 bridgehead atoms. The van der Waals surface area contributed by atoms with Crippen molar-refractivity contribution in [1.82, 2.24) is 30.2 Å². The summed E-state index contributed by atoms with van der Waals surface area (Å²) in [4.78, 5) is 20.3. The molecule has 2 N–H and O–H groups in total. The van der Waals surface area contributed by atoms with Gasteiger partial charge in [0.05, 0.1) is 12.2 Å². The van der Waals surface area contributed by atoms with Crippen LogP contribution in [0, 0.1) is 0 Å². The van der Waals surface area contributed by atoms with Crippen molar-refractivity contribution < 1.29 is 14.4 Å². The number of aromatic nitrogens is 5. The molecule has 3 aromatic heterocycles. The summed E-state index contributed by atoms with van der Waals surface area (Å²) in [6, 6.07) is 3.21. The standard InChI is InChI=1S/C16H18N6O3/c1-10(15-12(23)9-22(2)20-15)18-13(24)5-6-14-19-16(21-25-14)11-4-3-7-17-8-11/h3-4,7-10,23H,5-6H2,1-2H3,(H,18,24). The maximum absolute atomic E-state index is 12.1. The first-order valence-corrected chi connectivity index (χ1v) is 7.78. The first-order valence-electron chi connectivity index (χ1n) is 7.78. The van der Waals surface area contributed by atoms with Gasteiger partial charge in [-0.3, -0.25) is 14.5 Å². The Balaban J connectivity index is 1.54. The Morgan fingerprint density at radius 3 is 3.00 bits per heavy atom. The van der Waals surface area contributed by atoms with Crippen molar-refractivity contribution in [1.29, 1.82) is 0 Å². The van der Waals surface area contributed by atoms with Crippen LogP contribution in [-0.2, 0) is 18.3 Å². The van der Waals surface area contributed by atoms with Crippen LogP contribution in [0.1, 0.15) is 31.0 Å². The van der Waals surface area contributed by atoms with Crippen molar-refractivity contribution in [3.8, 4) is 17.1 Å². The van der Waals surface area contributed by atoms with Crippen LogP contribution in [0.4, 0.5) is 0 Å². The molecule has 3 rings (SSSR count). The van der Waals surface area contributed by atoms with E-state index in [9.17, 15) is 9.90 Å². The Morgan fingerprint density at radius 1 is 1.48 bits per heavy atom. The van der Waals surface area contributed by atoms with Gasteiger partial charge in [-0.2, -0.15) is 10.1 Å². The van der Waals surface area contributed by atoms with E-state index in [-0.39, 0.29) is 18.1 Å². The molecular formula is C16H18N6O3. The van der Waals surface area contributed by atoms with Gasteiger partial charge in [0.2, 0.25) is 17.6 Å². The van der Waals surface area contributed by atoms with Gasteiger partial charge in [0.15, 0.2) is 5.75 Å². The molecule has 130 valence electrons. The lowest BCUT2D eigenvalue weighted by molar-refractivity contribution is -0.121. The molecular weight excluding hydrogens is 324 g/mol. The number of carbonyl (C=O) groups excluding carboxylic acids is 1. The lowest BCUT2D eigenvalue weighted by Gasteiger charge is -2.11. The van der Waals surface area contributed by atoms with Gasteiger partial charge >= 0.3 is 0 Å². The van der Waals surface area contributed by atoms with E-state index in [0.29, 0.717) is 23.8 Å². The fourth-order valence-corrected chi connectivity index (χ4v) is 2.37. The van der Waals surface area contributed by atoms with Crippen molar-refractivity contribution in [3.05, 3.63) is 42.3 Å². The second-order valence-electron chi connectivity index (χ2n) is 5.62. The molecule has 9 heteroatoms. The highest BCUT2D eigenvalue weighted by atomic mass is 16.5. The van der Waals surface area contributed by atoms with Crippen LogP contribution in [0.3, 0.4) is 0 Å². The van der Waals surface area contributed by atoms with Crippen LogP contribution in [0.2, 0.25) is 0 Å². The zero-order valence-corrected chi connectivity index (χ0v) is 13.9. The van der Waals surface area contributed by atoms with Gasteiger partial charge in [-0.25, -0.2) is 0 Å². The number of hydrogen-bond acceptors (Lipinski definition) is 7. The SMILES string of the molecule is CC(NC(=O)CCc1nc(-c2cccnc2)no1)c1nn(C)cc1O. The van der Waals surface area contributed by atoms with E-state index in [4.69, 9.17) is 4.52 Å². The first kappa shape index (κ1) is 16.6. The molecule has 0 fully saturated rings. The largest absolute Gasteiger partial charge is 0.504 e. The zero-order valence-electron chi connectivity index (χ0n) is 13.9. The molecule has 3 heterocycles. The minimum atomic E-state index is -0.401. The van der Waals surface area contributed by atoms with Crippen LogP contribution in [0.5, 0.6) is 5.75 Å². The predicted molar refractivity (Wildman–Crippen MR) is 87.3 cm³/mol. The van der Waals surface area contributed by atoms with Gasteiger partial charge < -0.3 is 14.9 Å². The maximum atomic E-state index is 12.1. The number of aryl methyl sites for hydroxylation is 2. The molecule has 1 amide bonds. The van der Waals surface area contributed by atoms with Crippen LogP contribution in [0.25, 0.3) is 11.4 Å². The summed E-state index contributed by atoms with van der Waals surface area (Å²) in [5.74, 6) is 0.671. The maximum Gasteiger partial charge on any atom is 0.227 e. The fraction of sp³-hybridized carbons (Fsp3) is 0.312. The van der Waals surface area contributed by atoms with Crippen LogP contribution < -0.4 is 5.32 Å². The number of pyridine rings is 1. The molecule has 0 aliphatic rings. The molecule has 25 heavy (non-hydrogen) atoms. The highest BCUT2D eigenvalue weighted by molar-refractivity contribution is 5.76. The van der Waals surface area contributed by atoms with Crippen molar-refractivity contribution in [3.63, 3.8) is 0 Å². The molecule has 1 unspecified atom stereocenters. The second-order valence-corrected chi connectivity index (χ2v) is 5.62. The molecule has 9 nitrogen and oxygen atoms in total. The monoisotopic (exact) mass is 342 g/mol. The van der Waals surface area contributed by atoms with E-state index in [2.05, 4.69) is 25.5 Å². The third-order valence-electron chi connectivity index (χ3n) is 3.58. The van der Waals surface area contributed by atoms with Crippen LogP contribution in [0.15, 0.2) is 35.2 Å². The summed E-state index contributed by atoms with van der Waals surface area (Å²) in [6.07, 6.45) is 5.29. The molecule has 0 radical (unpaired) electrons. The average Bonchev–Trinajstić information content (AvgIpc) is 3.20. The lowest BCUT2D eigenvalue weighted by Crippen LogP contribution is -2.27. The first-order chi connectivity index (χ1) is 12.0. The Kier molecular flexibility index (Phi) is 4.73. The van der Waals surface area contributed by atoms with Gasteiger partial charge in [-0.1, -0.05) is 5.16 Å². The molecule has 0 spiro atoms. The van der Waals surface area contributed by atoms with Gasteiger partial charge in [-0.05, 0) is 19.1 Å². The Labute approximate surface area is 143 Å². The summed E-state index contributed by atoms with van der Waals surface area (Å²) in [5.41, 5.74) is 1.17. The number of rotatable bonds is 6. The van der Waals surface area contributed by atoms with E-state index in [0.717, 1.165) is 5.56 Å². The minimum Gasteiger partial charge on any atom is -0.504 e. The third kappa shape index (κ3) is 4.00. The highest BCUT2D eigenvalue weighted by Crippen LogP contribution is 2.21. The highest BCUT2D eigenvalue weighted by Gasteiger charge is 2.17. The molecule has 0 aliphatic heterocycles. The Bertz CT molecular complexity index is 858. The number of amides is 1. The Hall–Kier alpha value is -3.23. The topological polar surface area (TPSA) is 119 Å². The van der Waals surface area contributed by atoms with Gasteiger partial charge in [0, 0.05) is 37.8 Å². The number of nitrogens with one attached hydrogen (secondary N) is 1. The van der Waals surface area contributed by atoms with Crippen molar-refractivity contribution in [2.75, 3.05) is 0 Å². The van der Waals surface area contributed by atoms with E-state index in [1.165, 1.54) is 10.9 Å². The molecule has 0 saturated heterocycles. The predicted octanol–water partition coefficient (Wildman–Crippen LogP) is 1.38. The van der Waals surface area contributed by atoms with Crippen molar-refractivity contribution in [2.45, 2.75) is 25.8 Å². The number of aromatic hydroxyl groups is 1. The summed E-state index contributed by atoms with van der Waals surface area (Å²) in [5, 5.41) is 20.6. The quantitative estimate of drug-likeness (QED) is 0.694. The summed E-state index contributed by atoms with van der Waals surface area (Å²) in [6.45, 7) is 1.76. The summed E-state index contributed by atoms with van der Waals surface area (Å²) in [7, 11) is 1.70. The number of hydrogen-bond donors (Lipinski definition) is 2. The van der Waals surface area contributed by atoms with Crippen molar-refractivity contribution in [2.24, 2.45) is 7.05 Å². The smallest absolute Gasteiger partial charge is 0.227 e. The summed E-state index contributed by atoms with van der Waals surface area (Å²) >= 11 is 0. The number of nitrogens with zero attached hydrogens (tertiary/aromatic N) is 5. The molecule has 3 aromatic rings. The molecule has 0 aromatic carbocycles. The Morgan fingerprint density at radius 2 is 2.32 bits per heavy atom. The molecule has 1 atom stereocenters. The van der Waals surface area contributed by atoms with Gasteiger partial charge in [0.25, 0.3) is 0 Å². The van der Waals surface area contributed by atoms with E-state index in [1.54, 1.807) is 32.4 Å². The van der Waals surface area contributed by atoms with E-state index >= 15 is 0 Å².